The summed E-state index contributed by atoms with van der Waals surface area (Å²) in [5.41, 5.74) is 2.05. The first-order valence-electron chi connectivity index (χ1n) is 9.38. The van der Waals surface area contributed by atoms with Gasteiger partial charge in [-0.1, -0.05) is 43.7 Å². The van der Waals surface area contributed by atoms with Crippen molar-refractivity contribution in [3.05, 3.63) is 59.7 Å². The normalized spacial score (nSPS) is 12.8. The first-order valence-corrected chi connectivity index (χ1v) is 11.7. The number of thioether (sulfide) groups is 1. The Morgan fingerprint density at radius 3 is 2.14 bits per heavy atom. The number of nitrogens with zero attached hydrogens (tertiary/aromatic N) is 1. The van der Waals surface area contributed by atoms with Gasteiger partial charge < -0.3 is 5.32 Å². The van der Waals surface area contributed by atoms with E-state index in [1.807, 2.05) is 52.0 Å². The molecule has 0 radical (unpaired) electrons. The lowest BCUT2D eigenvalue weighted by molar-refractivity contribution is -0.120. The van der Waals surface area contributed by atoms with Crippen molar-refractivity contribution in [3.63, 3.8) is 0 Å². The van der Waals surface area contributed by atoms with Crippen molar-refractivity contribution in [1.82, 2.24) is 9.62 Å². The summed E-state index contributed by atoms with van der Waals surface area (Å²) in [5, 5.41) is 2.70. The van der Waals surface area contributed by atoms with Crippen LogP contribution in [-0.2, 0) is 21.4 Å². The minimum atomic E-state index is -3.46. The fourth-order valence-electron chi connectivity index (χ4n) is 2.70. The minimum Gasteiger partial charge on any atom is -0.351 e. The van der Waals surface area contributed by atoms with Crippen LogP contribution in [0.5, 0.6) is 0 Å². The van der Waals surface area contributed by atoms with E-state index in [4.69, 9.17) is 0 Å². The van der Waals surface area contributed by atoms with Crippen molar-refractivity contribution in [3.8, 4) is 0 Å². The lowest BCUT2D eigenvalue weighted by atomic mass is 10.2. The second kappa shape index (κ2) is 10.1. The zero-order valence-electron chi connectivity index (χ0n) is 16.8. The number of benzene rings is 2. The summed E-state index contributed by atoms with van der Waals surface area (Å²) in [6, 6.07) is 14.8. The van der Waals surface area contributed by atoms with Gasteiger partial charge in [-0.15, -0.1) is 11.8 Å². The highest BCUT2D eigenvalue weighted by Crippen LogP contribution is 2.23. The van der Waals surface area contributed by atoms with E-state index in [0.717, 1.165) is 10.5 Å². The number of nitrogens with one attached hydrogen (secondary N) is 1. The maximum absolute atomic E-state index is 12.5. The van der Waals surface area contributed by atoms with Crippen LogP contribution in [0.1, 0.15) is 31.9 Å². The van der Waals surface area contributed by atoms with Crippen LogP contribution < -0.4 is 5.32 Å². The van der Waals surface area contributed by atoms with Crippen LogP contribution in [-0.4, -0.2) is 37.0 Å². The Morgan fingerprint density at radius 2 is 1.61 bits per heavy atom. The summed E-state index contributed by atoms with van der Waals surface area (Å²) in [7, 11) is -3.46. The van der Waals surface area contributed by atoms with E-state index in [1.54, 1.807) is 24.3 Å². The second-order valence-corrected chi connectivity index (χ2v) is 9.88. The van der Waals surface area contributed by atoms with Crippen LogP contribution in [0.15, 0.2) is 58.3 Å². The van der Waals surface area contributed by atoms with Crippen molar-refractivity contribution in [2.45, 2.75) is 49.3 Å². The van der Waals surface area contributed by atoms with E-state index in [1.165, 1.54) is 21.6 Å². The highest BCUT2D eigenvalue weighted by molar-refractivity contribution is 8.00. The number of amides is 1. The summed E-state index contributed by atoms with van der Waals surface area (Å²) >= 11 is 1.51. The highest BCUT2D eigenvalue weighted by atomic mass is 32.2. The van der Waals surface area contributed by atoms with Gasteiger partial charge in [0.05, 0.1) is 10.1 Å². The summed E-state index contributed by atoms with van der Waals surface area (Å²) in [4.78, 5) is 13.7. The summed E-state index contributed by atoms with van der Waals surface area (Å²) in [6.07, 6.45) is 0. The molecule has 0 bridgehead atoms. The van der Waals surface area contributed by atoms with Gasteiger partial charge >= 0.3 is 0 Å². The molecule has 0 unspecified atom stereocenters. The lowest BCUT2D eigenvalue weighted by Crippen LogP contribution is -2.31. The minimum absolute atomic E-state index is 0.0505. The fraction of sp³-hybridized carbons (Fsp3) is 0.381. The first-order chi connectivity index (χ1) is 13.3. The molecule has 2 aromatic carbocycles. The van der Waals surface area contributed by atoms with Crippen molar-refractivity contribution < 1.29 is 13.2 Å². The van der Waals surface area contributed by atoms with Crippen LogP contribution in [0.4, 0.5) is 0 Å². The molecule has 0 spiro atoms. The largest absolute Gasteiger partial charge is 0.351 e. The quantitative estimate of drug-likeness (QED) is 0.626. The molecule has 5 nitrogen and oxygen atoms in total. The average molecular weight is 421 g/mol. The first kappa shape index (κ1) is 22.5. The van der Waals surface area contributed by atoms with Crippen molar-refractivity contribution in [1.29, 1.82) is 0 Å². The predicted molar refractivity (Wildman–Crippen MR) is 115 cm³/mol. The fourth-order valence-corrected chi connectivity index (χ4v) is 5.05. The molecule has 1 atom stereocenters. The summed E-state index contributed by atoms with van der Waals surface area (Å²) in [5.74, 6) is -0.0505. The Morgan fingerprint density at radius 1 is 1.04 bits per heavy atom. The predicted octanol–water partition coefficient (Wildman–Crippen LogP) is 3.82. The Labute approximate surface area is 172 Å². The topological polar surface area (TPSA) is 66.5 Å². The number of sulfonamides is 1. The number of rotatable bonds is 9. The maximum atomic E-state index is 12.5. The Bertz CT molecular complexity index is 875. The zero-order valence-corrected chi connectivity index (χ0v) is 18.4. The standard InChI is InChI=1S/C21H28N2O3S2/c1-5-23(6-2)28(25,26)20-13-9-18(10-14-20)15-22-21(24)17(4)27-19-11-7-16(3)8-12-19/h7-14,17H,5-6,15H2,1-4H3,(H,22,24)/t17-/m0/s1. The Hall–Kier alpha value is -1.83. The molecule has 0 saturated heterocycles. The van der Waals surface area contributed by atoms with E-state index < -0.39 is 10.0 Å². The van der Waals surface area contributed by atoms with Crippen LogP contribution >= 0.6 is 11.8 Å². The molecule has 1 amide bonds. The molecule has 28 heavy (non-hydrogen) atoms. The van der Waals surface area contributed by atoms with Gasteiger partial charge in [0.25, 0.3) is 0 Å². The lowest BCUT2D eigenvalue weighted by Gasteiger charge is -2.18. The van der Waals surface area contributed by atoms with Crippen LogP contribution in [0.3, 0.4) is 0 Å². The van der Waals surface area contributed by atoms with Gasteiger partial charge in [0.15, 0.2) is 0 Å². The van der Waals surface area contributed by atoms with Gasteiger partial charge in [-0.25, -0.2) is 8.42 Å². The van der Waals surface area contributed by atoms with Crippen molar-refractivity contribution in [2.75, 3.05) is 13.1 Å². The van der Waals surface area contributed by atoms with Crippen molar-refractivity contribution >= 4 is 27.7 Å². The number of carbonyl (C=O) groups excluding carboxylic acids is 1. The maximum Gasteiger partial charge on any atom is 0.243 e. The van der Waals surface area contributed by atoms with E-state index in [0.29, 0.717) is 19.6 Å². The van der Waals surface area contributed by atoms with Crippen LogP contribution in [0.25, 0.3) is 0 Å². The smallest absolute Gasteiger partial charge is 0.243 e. The molecule has 152 valence electrons. The molecule has 0 aliphatic carbocycles. The molecule has 2 aromatic rings. The van der Waals surface area contributed by atoms with E-state index in [-0.39, 0.29) is 16.1 Å². The number of aryl methyl sites for hydroxylation is 1. The van der Waals surface area contributed by atoms with Gasteiger partial charge in [0, 0.05) is 24.5 Å². The van der Waals surface area contributed by atoms with Crippen LogP contribution in [0, 0.1) is 6.92 Å². The summed E-state index contributed by atoms with van der Waals surface area (Å²) < 4.78 is 26.4. The molecular formula is C21H28N2O3S2. The molecule has 0 aliphatic heterocycles. The SMILES string of the molecule is CCN(CC)S(=O)(=O)c1ccc(CNC(=O)[C@H](C)Sc2ccc(C)cc2)cc1. The average Bonchev–Trinajstić information content (AvgIpc) is 2.69. The molecule has 0 aromatic heterocycles. The van der Waals surface area contributed by atoms with Crippen LogP contribution in [0.2, 0.25) is 0 Å². The van der Waals surface area contributed by atoms with E-state index >= 15 is 0 Å². The van der Waals surface area contributed by atoms with Crippen molar-refractivity contribution in [2.24, 2.45) is 0 Å². The molecule has 1 N–H and O–H groups in total. The molecule has 7 heteroatoms. The summed E-state index contributed by atoms with van der Waals surface area (Å²) in [6.45, 7) is 8.79. The molecule has 0 heterocycles. The van der Waals surface area contributed by atoms with E-state index in [2.05, 4.69) is 5.32 Å². The monoisotopic (exact) mass is 420 g/mol. The van der Waals surface area contributed by atoms with Gasteiger partial charge in [-0.05, 0) is 43.7 Å². The molecule has 0 aliphatic rings. The third-order valence-corrected chi connectivity index (χ3v) is 7.61. The third-order valence-electron chi connectivity index (χ3n) is 4.44. The van der Waals surface area contributed by atoms with E-state index in [9.17, 15) is 13.2 Å². The molecule has 2 rings (SSSR count). The zero-order chi connectivity index (χ0) is 20.7. The third kappa shape index (κ3) is 5.83. The Balaban J connectivity index is 1.93. The molecular weight excluding hydrogens is 392 g/mol. The van der Waals surface area contributed by atoms with Gasteiger partial charge in [-0.3, -0.25) is 4.79 Å². The number of hydrogen-bond acceptors (Lipinski definition) is 4. The van der Waals surface area contributed by atoms with Gasteiger partial charge in [-0.2, -0.15) is 4.31 Å². The number of hydrogen-bond donors (Lipinski definition) is 1. The second-order valence-electron chi connectivity index (χ2n) is 6.52. The molecule has 0 saturated carbocycles. The number of carbonyl (C=O) groups is 1. The molecule has 0 fully saturated rings. The highest BCUT2D eigenvalue weighted by Gasteiger charge is 2.21. The Kier molecular flexibility index (Phi) is 8.10. The van der Waals surface area contributed by atoms with Gasteiger partial charge in [0.1, 0.15) is 0 Å². The van der Waals surface area contributed by atoms with Gasteiger partial charge in [0.2, 0.25) is 15.9 Å².